The van der Waals surface area contributed by atoms with Crippen molar-refractivity contribution in [2.75, 3.05) is 4.90 Å². The predicted octanol–water partition coefficient (Wildman–Crippen LogP) is 4.15. The van der Waals surface area contributed by atoms with Crippen LogP contribution in [-0.2, 0) is 16.2 Å². The zero-order chi connectivity index (χ0) is 24.2. The number of rotatable bonds is 6. The number of carbonyl (C=O) groups is 3. The highest BCUT2D eigenvalue weighted by Crippen LogP contribution is 2.27. The average Bonchev–Trinajstić information content (AvgIpc) is 2.82. The Hall–Kier alpha value is -4.79. The lowest BCUT2D eigenvalue weighted by Gasteiger charge is -2.26. The van der Waals surface area contributed by atoms with Crippen LogP contribution in [0.4, 0.5) is 16.2 Å². The van der Waals surface area contributed by atoms with E-state index >= 15 is 0 Å². The Balaban J connectivity index is 1.62. The molecule has 0 radical (unpaired) electrons. The molecular formula is C25H19N3O6. The molecule has 0 unspecified atom stereocenters. The minimum Gasteiger partial charge on any atom is -0.488 e. The minimum atomic E-state index is -0.940. The Morgan fingerprint density at radius 3 is 2.32 bits per heavy atom. The Morgan fingerprint density at radius 2 is 1.65 bits per heavy atom. The molecule has 4 rings (SSSR count). The van der Waals surface area contributed by atoms with E-state index in [4.69, 9.17) is 4.74 Å². The van der Waals surface area contributed by atoms with Gasteiger partial charge in [0.1, 0.15) is 17.9 Å². The van der Waals surface area contributed by atoms with Gasteiger partial charge in [-0.3, -0.25) is 25.0 Å². The molecule has 0 saturated carbocycles. The monoisotopic (exact) mass is 457 g/mol. The molecule has 34 heavy (non-hydrogen) atoms. The predicted molar refractivity (Wildman–Crippen MR) is 124 cm³/mol. The van der Waals surface area contributed by atoms with Crippen LogP contribution in [0.2, 0.25) is 0 Å². The van der Waals surface area contributed by atoms with Crippen LogP contribution in [-0.4, -0.2) is 22.8 Å². The maximum atomic E-state index is 13.1. The lowest BCUT2D eigenvalue weighted by Crippen LogP contribution is -2.54. The molecule has 0 aromatic heterocycles. The van der Waals surface area contributed by atoms with E-state index in [0.717, 1.165) is 16.0 Å². The van der Waals surface area contributed by atoms with Crippen LogP contribution in [0.3, 0.4) is 0 Å². The van der Waals surface area contributed by atoms with E-state index in [1.165, 1.54) is 30.3 Å². The molecule has 1 aliphatic heterocycles. The van der Waals surface area contributed by atoms with E-state index < -0.39 is 22.8 Å². The molecule has 1 saturated heterocycles. The summed E-state index contributed by atoms with van der Waals surface area (Å²) < 4.78 is 5.91. The van der Waals surface area contributed by atoms with Crippen LogP contribution in [0.1, 0.15) is 16.7 Å². The summed E-state index contributed by atoms with van der Waals surface area (Å²) in [6.07, 6.45) is 1.35. The van der Waals surface area contributed by atoms with E-state index in [1.54, 1.807) is 24.3 Å². The van der Waals surface area contributed by atoms with E-state index in [1.807, 2.05) is 31.2 Å². The standard InChI is InChI=1S/C25H19N3O6/c1-16-6-8-17(9-7-16)15-34-22-5-3-2-4-18(22)14-21-23(29)26-25(31)27(24(21)30)19-10-12-20(13-11-19)28(32)33/h2-14H,15H2,1H3,(H,26,29,31). The number of urea groups is 1. The van der Waals surface area contributed by atoms with E-state index in [0.29, 0.717) is 11.3 Å². The summed E-state index contributed by atoms with van der Waals surface area (Å²) in [7, 11) is 0. The second kappa shape index (κ2) is 9.37. The first-order valence-electron chi connectivity index (χ1n) is 10.3. The van der Waals surface area contributed by atoms with Gasteiger partial charge in [0.25, 0.3) is 17.5 Å². The third kappa shape index (κ3) is 4.68. The molecular weight excluding hydrogens is 438 g/mol. The Labute approximate surface area is 194 Å². The van der Waals surface area contributed by atoms with E-state index in [2.05, 4.69) is 5.32 Å². The number of amides is 4. The maximum Gasteiger partial charge on any atom is 0.335 e. The molecule has 3 aromatic carbocycles. The quantitative estimate of drug-likeness (QED) is 0.257. The molecule has 1 N–H and O–H groups in total. The van der Waals surface area contributed by atoms with Gasteiger partial charge in [-0.25, -0.2) is 9.69 Å². The van der Waals surface area contributed by atoms with Gasteiger partial charge in [-0.05, 0) is 36.8 Å². The number of benzene rings is 3. The van der Waals surface area contributed by atoms with Crippen LogP contribution in [0.15, 0.2) is 78.4 Å². The number of non-ortho nitro benzene ring substituents is 1. The van der Waals surface area contributed by atoms with Crippen molar-refractivity contribution in [3.63, 3.8) is 0 Å². The summed E-state index contributed by atoms with van der Waals surface area (Å²) in [5, 5.41) is 13.0. The molecule has 3 aromatic rings. The van der Waals surface area contributed by atoms with Crippen LogP contribution in [0.5, 0.6) is 5.75 Å². The summed E-state index contributed by atoms with van der Waals surface area (Å²) in [4.78, 5) is 49.0. The van der Waals surface area contributed by atoms with Crippen molar-refractivity contribution < 1.29 is 24.0 Å². The fourth-order valence-electron chi connectivity index (χ4n) is 3.35. The number of para-hydroxylation sites is 1. The lowest BCUT2D eigenvalue weighted by atomic mass is 10.1. The van der Waals surface area contributed by atoms with Crippen molar-refractivity contribution in [3.8, 4) is 5.75 Å². The summed E-state index contributed by atoms with van der Waals surface area (Å²) in [5.74, 6) is -1.24. The molecule has 0 spiro atoms. The largest absolute Gasteiger partial charge is 0.488 e. The van der Waals surface area contributed by atoms with Crippen molar-refractivity contribution in [3.05, 3.63) is 105 Å². The first-order chi connectivity index (χ1) is 16.3. The molecule has 9 heteroatoms. The number of aryl methyl sites for hydroxylation is 1. The lowest BCUT2D eigenvalue weighted by molar-refractivity contribution is -0.384. The number of nitro benzene ring substituents is 1. The number of nitro groups is 1. The number of carbonyl (C=O) groups excluding carboxylic acids is 3. The second-order valence-corrected chi connectivity index (χ2v) is 7.54. The summed E-state index contributed by atoms with van der Waals surface area (Å²) in [5.41, 5.74) is 2.18. The van der Waals surface area contributed by atoms with Gasteiger partial charge in [-0.2, -0.15) is 0 Å². The molecule has 4 amide bonds. The molecule has 1 aliphatic rings. The zero-order valence-corrected chi connectivity index (χ0v) is 18.1. The molecule has 0 aliphatic carbocycles. The number of hydrogen-bond donors (Lipinski definition) is 1. The summed E-state index contributed by atoms with van der Waals surface area (Å²) in [6, 6.07) is 18.7. The molecule has 170 valence electrons. The summed E-state index contributed by atoms with van der Waals surface area (Å²) in [6.45, 7) is 2.27. The highest BCUT2D eigenvalue weighted by Gasteiger charge is 2.37. The molecule has 9 nitrogen and oxygen atoms in total. The van der Waals surface area contributed by atoms with Crippen molar-refractivity contribution in [1.29, 1.82) is 0 Å². The zero-order valence-electron chi connectivity index (χ0n) is 18.1. The topological polar surface area (TPSA) is 119 Å². The number of ether oxygens (including phenoxy) is 1. The van der Waals surface area contributed by atoms with Gasteiger partial charge in [-0.1, -0.05) is 48.0 Å². The van der Waals surface area contributed by atoms with Crippen molar-refractivity contribution in [2.24, 2.45) is 0 Å². The van der Waals surface area contributed by atoms with E-state index in [-0.39, 0.29) is 23.6 Å². The van der Waals surface area contributed by atoms with Crippen molar-refractivity contribution in [2.45, 2.75) is 13.5 Å². The number of imide groups is 2. The van der Waals surface area contributed by atoms with Crippen LogP contribution in [0, 0.1) is 17.0 Å². The third-order valence-corrected chi connectivity index (χ3v) is 5.15. The Kier molecular flexibility index (Phi) is 6.18. The Morgan fingerprint density at radius 1 is 0.971 bits per heavy atom. The summed E-state index contributed by atoms with van der Waals surface area (Å²) >= 11 is 0. The first-order valence-corrected chi connectivity index (χ1v) is 10.3. The van der Waals surface area contributed by atoms with Crippen LogP contribution >= 0.6 is 0 Å². The van der Waals surface area contributed by atoms with Gasteiger partial charge in [-0.15, -0.1) is 0 Å². The minimum absolute atomic E-state index is 0.0930. The molecule has 1 fully saturated rings. The second-order valence-electron chi connectivity index (χ2n) is 7.54. The van der Waals surface area contributed by atoms with Gasteiger partial charge in [0, 0.05) is 17.7 Å². The average molecular weight is 457 g/mol. The van der Waals surface area contributed by atoms with Gasteiger partial charge < -0.3 is 4.74 Å². The van der Waals surface area contributed by atoms with Crippen LogP contribution in [0.25, 0.3) is 6.08 Å². The fourth-order valence-corrected chi connectivity index (χ4v) is 3.35. The van der Waals surface area contributed by atoms with Gasteiger partial charge >= 0.3 is 6.03 Å². The van der Waals surface area contributed by atoms with Gasteiger partial charge in [0.15, 0.2) is 0 Å². The number of barbiturate groups is 1. The number of anilines is 1. The molecule has 0 atom stereocenters. The number of nitrogens with zero attached hydrogens (tertiary/aromatic N) is 2. The van der Waals surface area contributed by atoms with Gasteiger partial charge in [0.2, 0.25) is 0 Å². The number of hydrogen-bond acceptors (Lipinski definition) is 6. The fraction of sp³-hybridized carbons (Fsp3) is 0.0800. The number of nitrogens with one attached hydrogen (secondary N) is 1. The normalized spacial score (nSPS) is 14.8. The van der Waals surface area contributed by atoms with Crippen LogP contribution < -0.4 is 15.0 Å². The maximum absolute atomic E-state index is 13.1. The van der Waals surface area contributed by atoms with Crippen molar-refractivity contribution >= 4 is 35.3 Å². The van der Waals surface area contributed by atoms with Gasteiger partial charge in [0.05, 0.1) is 10.6 Å². The Bertz CT molecular complexity index is 1310. The highest BCUT2D eigenvalue weighted by atomic mass is 16.6. The van der Waals surface area contributed by atoms with Crippen molar-refractivity contribution in [1.82, 2.24) is 5.32 Å². The molecule has 1 heterocycles. The SMILES string of the molecule is Cc1ccc(COc2ccccc2C=C2C(=O)NC(=O)N(c3ccc([N+](=O)[O-])cc3)C2=O)cc1. The molecule has 0 bridgehead atoms. The first kappa shape index (κ1) is 22.4. The smallest absolute Gasteiger partial charge is 0.335 e. The third-order valence-electron chi connectivity index (χ3n) is 5.15. The van der Waals surface area contributed by atoms with E-state index in [9.17, 15) is 24.5 Å². The highest BCUT2D eigenvalue weighted by molar-refractivity contribution is 6.39.